The normalized spacial score (nSPS) is 11.2. The first-order valence-electron chi connectivity index (χ1n) is 5.52. The molecule has 0 amide bonds. The third kappa shape index (κ3) is 3.26. The van der Waals surface area contributed by atoms with Gasteiger partial charge in [-0.1, -0.05) is 32.9 Å². The van der Waals surface area contributed by atoms with Crippen LogP contribution >= 0.6 is 0 Å². The standard InChI is InChI=1S/C13H19NO2/c1-4-13(2,3)9-14-11-8-6-5-7-10(11)12(15)16/h5-8,14H,4,9H2,1-3H3,(H,15,16). The van der Waals surface area contributed by atoms with E-state index in [0.717, 1.165) is 13.0 Å². The van der Waals surface area contributed by atoms with E-state index in [0.29, 0.717) is 11.3 Å². The maximum Gasteiger partial charge on any atom is 0.337 e. The number of hydrogen-bond acceptors (Lipinski definition) is 2. The van der Waals surface area contributed by atoms with E-state index in [1.165, 1.54) is 0 Å². The van der Waals surface area contributed by atoms with Crippen LogP contribution in [0.5, 0.6) is 0 Å². The molecule has 0 radical (unpaired) electrons. The maximum absolute atomic E-state index is 11.0. The van der Waals surface area contributed by atoms with Crippen molar-refractivity contribution in [2.45, 2.75) is 27.2 Å². The first kappa shape index (κ1) is 12.6. The molecule has 3 heteroatoms. The van der Waals surface area contributed by atoms with Gasteiger partial charge in [-0.25, -0.2) is 4.79 Å². The van der Waals surface area contributed by atoms with E-state index < -0.39 is 5.97 Å². The first-order chi connectivity index (χ1) is 7.46. The molecule has 0 aliphatic carbocycles. The van der Waals surface area contributed by atoms with Crippen LogP contribution in [-0.2, 0) is 0 Å². The predicted molar refractivity (Wildman–Crippen MR) is 66.0 cm³/mol. The van der Waals surface area contributed by atoms with Crippen molar-refractivity contribution in [1.82, 2.24) is 0 Å². The molecular formula is C13H19NO2. The van der Waals surface area contributed by atoms with Gasteiger partial charge in [0.25, 0.3) is 0 Å². The van der Waals surface area contributed by atoms with Crippen LogP contribution in [0.25, 0.3) is 0 Å². The fourth-order valence-corrected chi connectivity index (χ4v) is 1.28. The second kappa shape index (κ2) is 5.01. The van der Waals surface area contributed by atoms with E-state index in [1.807, 2.05) is 6.07 Å². The summed E-state index contributed by atoms with van der Waals surface area (Å²) in [6.45, 7) is 7.21. The van der Waals surface area contributed by atoms with Crippen LogP contribution in [0.2, 0.25) is 0 Å². The smallest absolute Gasteiger partial charge is 0.337 e. The van der Waals surface area contributed by atoms with Crippen molar-refractivity contribution in [3.05, 3.63) is 29.8 Å². The fraction of sp³-hybridized carbons (Fsp3) is 0.462. The lowest BCUT2D eigenvalue weighted by Crippen LogP contribution is -2.22. The highest BCUT2D eigenvalue weighted by Gasteiger charge is 2.16. The van der Waals surface area contributed by atoms with Crippen molar-refractivity contribution in [2.75, 3.05) is 11.9 Å². The first-order valence-corrected chi connectivity index (χ1v) is 5.52. The molecule has 0 atom stereocenters. The Bertz CT molecular complexity index is 372. The predicted octanol–water partition coefficient (Wildman–Crippen LogP) is 3.23. The zero-order valence-electron chi connectivity index (χ0n) is 10.1. The number of carboxylic acid groups (broad SMARTS) is 1. The number of carbonyl (C=O) groups is 1. The van der Waals surface area contributed by atoms with E-state index in [1.54, 1.807) is 18.2 Å². The molecule has 1 aromatic carbocycles. The molecule has 0 saturated carbocycles. The van der Waals surface area contributed by atoms with Gasteiger partial charge in [-0.05, 0) is 24.0 Å². The Balaban J connectivity index is 2.78. The van der Waals surface area contributed by atoms with Crippen molar-refractivity contribution >= 4 is 11.7 Å². The molecule has 16 heavy (non-hydrogen) atoms. The number of anilines is 1. The van der Waals surface area contributed by atoms with Crippen molar-refractivity contribution in [3.63, 3.8) is 0 Å². The zero-order chi connectivity index (χ0) is 12.2. The minimum absolute atomic E-state index is 0.172. The Labute approximate surface area is 96.5 Å². The van der Waals surface area contributed by atoms with E-state index in [4.69, 9.17) is 5.11 Å². The molecule has 0 unspecified atom stereocenters. The number of para-hydroxylation sites is 1. The van der Waals surface area contributed by atoms with Gasteiger partial charge in [0.1, 0.15) is 0 Å². The van der Waals surface area contributed by atoms with Gasteiger partial charge < -0.3 is 10.4 Å². The van der Waals surface area contributed by atoms with Crippen LogP contribution in [0.3, 0.4) is 0 Å². The highest BCUT2D eigenvalue weighted by Crippen LogP contribution is 2.22. The Morgan fingerprint density at radius 3 is 2.56 bits per heavy atom. The third-order valence-electron chi connectivity index (χ3n) is 2.87. The molecule has 1 aromatic rings. The van der Waals surface area contributed by atoms with Crippen LogP contribution in [0, 0.1) is 5.41 Å². The van der Waals surface area contributed by atoms with Crippen molar-refractivity contribution in [2.24, 2.45) is 5.41 Å². The second-order valence-electron chi connectivity index (χ2n) is 4.72. The van der Waals surface area contributed by atoms with Gasteiger partial charge in [0, 0.05) is 12.2 Å². The quantitative estimate of drug-likeness (QED) is 0.802. The van der Waals surface area contributed by atoms with Gasteiger partial charge in [0.2, 0.25) is 0 Å². The maximum atomic E-state index is 11.0. The Morgan fingerprint density at radius 2 is 2.00 bits per heavy atom. The Hall–Kier alpha value is -1.51. The van der Waals surface area contributed by atoms with Crippen molar-refractivity contribution in [1.29, 1.82) is 0 Å². The highest BCUT2D eigenvalue weighted by atomic mass is 16.4. The summed E-state index contributed by atoms with van der Waals surface area (Å²) in [6.07, 6.45) is 1.05. The number of benzene rings is 1. The average Bonchev–Trinajstić information content (AvgIpc) is 2.27. The van der Waals surface area contributed by atoms with E-state index in [-0.39, 0.29) is 5.41 Å². The molecule has 0 saturated heterocycles. The van der Waals surface area contributed by atoms with Gasteiger partial charge in [0.15, 0.2) is 0 Å². The number of nitrogens with one attached hydrogen (secondary N) is 1. The van der Waals surface area contributed by atoms with Crippen LogP contribution in [0.1, 0.15) is 37.6 Å². The molecule has 3 nitrogen and oxygen atoms in total. The summed E-state index contributed by atoms with van der Waals surface area (Å²) in [4.78, 5) is 11.0. The van der Waals surface area contributed by atoms with Gasteiger partial charge in [-0.15, -0.1) is 0 Å². The lowest BCUT2D eigenvalue weighted by Gasteiger charge is -2.24. The number of rotatable bonds is 5. The summed E-state index contributed by atoms with van der Waals surface area (Å²) >= 11 is 0. The molecule has 88 valence electrons. The topological polar surface area (TPSA) is 49.3 Å². The average molecular weight is 221 g/mol. The van der Waals surface area contributed by atoms with Crippen LogP contribution in [-0.4, -0.2) is 17.6 Å². The monoisotopic (exact) mass is 221 g/mol. The van der Waals surface area contributed by atoms with Crippen LogP contribution in [0.15, 0.2) is 24.3 Å². The van der Waals surface area contributed by atoms with Gasteiger partial charge in [-0.2, -0.15) is 0 Å². The van der Waals surface area contributed by atoms with E-state index in [9.17, 15) is 4.79 Å². The van der Waals surface area contributed by atoms with Gasteiger partial charge in [-0.3, -0.25) is 0 Å². The zero-order valence-corrected chi connectivity index (χ0v) is 10.1. The summed E-state index contributed by atoms with van der Waals surface area (Å²) in [5.74, 6) is -0.891. The molecule has 0 aliphatic rings. The van der Waals surface area contributed by atoms with Crippen molar-refractivity contribution in [3.8, 4) is 0 Å². The summed E-state index contributed by atoms with van der Waals surface area (Å²) < 4.78 is 0. The fourth-order valence-electron chi connectivity index (χ4n) is 1.28. The summed E-state index contributed by atoms with van der Waals surface area (Å²) in [5, 5.41) is 12.2. The summed E-state index contributed by atoms with van der Waals surface area (Å²) in [5.41, 5.74) is 1.19. The third-order valence-corrected chi connectivity index (χ3v) is 2.87. The molecule has 0 aromatic heterocycles. The van der Waals surface area contributed by atoms with Crippen LogP contribution in [0.4, 0.5) is 5.69 Å². The van der Waals surface area contributed by atoms with E-state index in [2.05, 4.69) is 26.1 Å². The van der Waals surface area contributed by atoms with Gasteiger partial charge >= 0.3 is 5.97 Å². The van der Waals surface area contributed by atoms with Crippen LogP contribution < -0.4 is 5.32 Å². The summed E-state index contributed by atoms with van der Waals surface area (Å²) in [7, 11) is 0. The molecule has 0 heterocycles. The minimum Gasteiger partial charge on any atom is -0.478 e. The molecule has 0 aliphatic heterocycles. The largest absolute Gasteiger partial charge is 0.478 e. The molecule has 0 spiro atoms. The lowest BCUT2D eigenvalue weighted by atomic mass is 9.90. The minimum atomic E-state index is -0.891. The Morgan fingerprint density at radius 1 is 1.38 bits per heavy atom. The summed E-state index contributed by atoms with van der Waals surface area (Å²) in [6, 6.07) is 6.99. The lowest BCUT2D eigenvalue weighted by molar-refractivity contribution is 0.0698. The molecule has 0 fully saturated rings. The SMILES string of the molecule is CCC(C)(C)CNc1ccccc1C(=O)O. The number of carboxylic acids is 1. The van der Waals surface area contributed by atoms with Crippen molar-refractivity contribution < 1.29 is 9.90 Å². The Kier molecular flexibility index (Phi) is 3.93. The molecule has 1 rings (SSSR count). The number of aromatic carboxylic acids is 1. The number of hydrogen-bond donors (Lipinski definition) is 2. The highest BCUT2D eigenvalue weighted by molar-refractivity contribution is 5.94. The van der Waals surface area contributed by atoms with E-state index >= 15 is 0 Å². The molecule has 0 bridgehead atoms. The molecule has 2 N–H and O–H groups in total. The van der Waals surface area contributed by atoms with Gasteiger partial charge in [0.05, 0.1) is 5.56 Å². The molecular weight excluding hydrogens is 202 g/mol. The second-order valence-corrected chi connectivity index (χ2v) is 4.72.